The van der Waals surface area contributed by atoms with Gasteiger partial charge in [0.25, 0.3) is 0 Å². The van der Waals surface area contributed by atoms with Crippen molar-refractivity contribution < 1.29 is 14.3 Å². The zero-order chi connectivity index (χ0) is 19.8. The molecule has 6 heteroatoms. The van der Waals surface area contributed by atoms with E-state index in [-0.39, 0.29) is 23.5 Å². The Labute approximate surface area is 174 Å². The van der Waals surface area contributed by atoms with Crippen molar-refractivity contribution in [2.75, 3.05) is 20.3 Å². The summed E-state index contributed by atoms with van der Waals surface area (Å²) in [6, 6.07) is 15.4. The number of amides is 1. The van der Waals surface area contributed by atoms with Crippen molar-refractivity contribution in [2.24, 2.45) is 5.41 Å². The fraction of sp³-hybridized carbons (Fsp3) is 0.318. The van der Waals surface area contributed by atoms with Gasteiger partial charge in [0.2, 0.25) is 0 Å². The second-order valence-electron chi connectivity index (χ2n) is 7.47. The molecule has 1 aliphatic carbocycles. The molecule has 2 aromatic rings. The van der Waals surface area contributed by atoms with Crippen LogP contribution in [0.25, 0.3) is 0 Å². The Hall–Kier alpha value is -2.01. The third-order valence-corrected chi connectivity index (χ3v) is 6.48. The highest BCUT2D eigenvalue weighted by molar-refractivity contribution is 6.42. The van der Waals surface area contributed by atoms with Gasteiger partial charge in [-0.25, -0.2) is 4.79 Å². The molecule has 2 aliphatic rings. The first-order chi connectivity index (χ1) is 13.5. The minimum atomic E-state index is -0.356. The average Bonchev–Trinajstić information content (AvgIpc) is 3.38. The fourth-order valence-corrected chi connectivity index (χ4v) is 4.52. The number of allylic oxidation sites excluding steroid dienone is 1. The van der Waals surface area contributed by atoms with E-state index < -0.39 is 0 Å². The molecule has 2 atom stereocenters. The molecule has 0 radical (unpaired) electrons. The van der Waals surface area contributed by atoms with Crippen LogP contribution in [0.15, 0.2) is 60.8 Å². The van der Waals surface area contributed by atoms with E-state index in [4.69, 9.17) is 32.7 Å². The van der Waals surface area contributed by atoms with Crippen LogP contribution in [0.2, 0.25) is 10.0 Å². The summed E-state index contributed by atoms with van der Waals surface area (Å²) in [5.74, 6) is 0. The zero-order valence-corrected chi connectivity index (χ0v) is 17.0. The summed E-state index contributed by atoms with van der Waals surface area (Å²) < 4.78 is 11.0. The molecule has 0 unspecified atom stereocenters. The number of ether oxygens (including phenoxy) is 2. The number of nitrogens with zero attached hydrogens (tertiary/aromatic N) is 1. The third kappa shape index (κ3) is 3.30. The summed E-state index contributed by atoms with van der Waals surface area (Å²) in [4.78, 5) is 14.2. The normalized spacial score (nSPS) is 25.3. The van der Waals surface area contributed by atoms with E-state index in [9.17, 15) is 4.79 Å². The van der Waals surface area contributed by atoms with Crippen molar-refractivity contribution in [3.8, 4) is 0 Å². The van der Waals surface area contributed by atoms with E-state index in [2.05, 4.69) is 6.08 Å². The number of halogens is 2. The van der Waals surface area contributed by atoms with Crippen molar-refractivity contribution in [1.29, 1.82) is 0 Å². The van der Waals surface area contributed by atoms with Crippen LogP contribution in [0.5, 0.6) is 0 Å². The first kappa shape index (κ1) is 19.3. The van der Waals surface area contributed by atoms with Crippen LogP contribution in [-0.4, -0.2) is 31.3 Å². The number of rotatable bonds is 5. The van der Waals surface area contributed by atoms with Crippen LogP contribution in [0.1, 0.15) is 17.5 Å². The molecule has 1 heterocycles. The predicted octanol–water partition coefficient (Wildman–Crippen LogP) is 5.43. The van der Waals surface area contributed by atoms with Crippen LogP contribution in [0.3, 0.4) is 0 Å². The summed E-state index contributed by atoms with van der Waals surface area (Å²) in [6.07, 6.45) is 4.41. The molecule has 28 heavy (non-hydrogen) atoms. The van der Waals surface area contributed by atoms with Crippen LogP contribution in [0, 0.1) is 5.41 Å². The monoisotopic (exact) mass is 417 g/mol. The second kappa shape index (κ2) is 7.43. The van der Waals surface area contributed by atoms with Gasteiger partial charge in [0.15, 0.2) is 0 Å². The van der Waals surface area contributed by atoms with Gasteiger partial charge < -0.3 is 9.47 Å². The molecule has 1 amide bonds. The van der Waals surface area contributed by atoms with E-state index in [0.717, 1.165) is 17.5 Å². The van der Waals surface area contributed by atoms with Gasteiger partial charge >= 0.3 is 6.09 Å². The molecule has 0 bridgehead atoms. The summed E-state index contributed by atoms with van der Waals surface area (Å²) in [5, 5.41) is 1.07. The fourth-order valence-electron chi connectivity index (χ4n) is 4.23. The molecule has 0 N–H and O–H groups in total. The van der Waals surface area contributed by atoms with Crippen LogP contribution < -0.4 is 0 Å². The molecule has 4 rings (SSSR count). The van der Waals surface area contributed by atoms with Crippen molar-refractivity contribution in [2.45, 2.75) is 18.4 Å². The van der Waals surface area contributed by atoms with Gasteiger partial charge in [-0.2, -0.15) is 0 Å². The van der Waals surface area contributed by atoms with Gasteiger partial charge in [0.05, 0.1) is 16.7 Å². The van der Waals surface area contributed by atoms with Gasteiger partial charge in [0.1, 0.15) is 6.61 Å². The minimum absolute atomic E-state index is 0.195. The third-order valence-electron chi connectivity index (χ3n) is 5.75. The molecule has 4 nitrogen and oxygen atoms in total. The molecule has 1 saturated carbocycles. The number of hydrogen-bond donors (Lipinski definition) is 0. The van der Waals surface area contributed by atoms with E-state index in [1.165, 1.54) is 0 Å². The molecule has 0 spiro atoms. The lowest BCUT2D eigenvalue weighted by molar-refractivity contribution is 0.0785. The average molecular weight is 418 g/mol. The minimum Gasteiger partial charge on any atom is -0.444 e. The Morgan fingerprint density at radius 3 is 2.64 bits per heavy atom. The Morgan fingerprint density at radius 1 is 1.14 bits per heavy atom. The van der Waals surface area contributed by atoms with Gasteiger partial charge in [-0.3, -0.25) is 4.90 Å². The lowest BCUT2D eigenvalue weighted by atomic mass is 9.84. The standard InChI is InChI=1S/C22H21Cl2NO3/c1-27-15-21-13-22(21,17-7-8-18(23)19(24)11-17)9-10-25(14-21)20(26)28-12-16-5-3-2-4-6-16/h2-11H,12-15H2,1H3/t21-,22-/m1/s1. The topological polar surface area (TPSA) is 38.8 Å². The van der Waals surface area contributed by atoms with Gasteiger partial charge in [-0.05, 0) is 29.7 Å². The maximum absolute atomic E-state index is 12.6. The lowest BCUT2D eigenvalue weighted by Crippen LogP contribution is -2.40. The summed E-state index contributed by atoms with van der Waals surface area (Å²) in [6.45, 7) is 1.32. The molecule has 1 fully saturated rings. The highest BCUT2D eigenvalue weighted by atomic mass is 35.5. The molecule has 146 valence electrons. The molecule has 0 aromatic heterocycles. The van der Waals surface area contributed by atoms with Crippen molar-refractivity contribution in [3.05, 3.63) is 82.0 Å². The van der Waals surface area contributed by atoms with E-state index in [1.807, 2.05) is 54.7 Å². The zero-order valence-electron chi connectivity index (χ0n) is 15.5. The van der Waals surface area contributed by atoms with Crippen molar-refractivity contribution in [1.82, 2.24) is 4.90 Å². The quantitative estimate of drug-likeness (QED) is 0.650. The molecular weight excluding hydrogens is 397 g/mol. The number of carbonyl (C=O) groups is 1. The highest BCUT2D eigenvalue weighted by Crippen LogP contribution is 2.67. The van der Waals surface area contributed by atoms with E-state index >= 15 is 0 Å². The Morgan fingerprint density at radius 2 is 1.93 bits per heavy atom. The van der Waals surface area contributed by atoms with Crippen LogP contribution >= 0.6 is 23.2 Å². The Balaban J connectivity index is 1.53. The molecule has 0 saturated heterocycles. The lowest BCUT2D eigenvalue weighted by Gasteiger charge is -2.33. The first-order valence-corrected chi connectivity index (χ1v) is 9.86. The van der Waals surface area contributed by atoms with Gasteiger partial charge in [-0.15, -0.1) is 0 Å². The number of fused-ring (bicyclic) bond motifs is 1. The number of benzene rings is 2. The summed E-state index contributed by atoms with van der Waals surface area (Å²) in [7, 11) is 1.68. The molecule has 2 aromatic carbocycles. The molecule has 1 aliphatic heterocycles. The number of carbonyl (C=O) groups excluding carboxylic acids is 1. The maximum atomic E-state index is 12.6. The predicted molar refractivity (Wildman–Crippen MR) is 110 cm³/mol. The van der Waals surface area contributed by atoms with Crippen LogP contribution in [0.4, 0.5) is 4.79 Å². The number of methoxy groups -OCH3 is 1. The Bertz CT molecular complexity index is 917. The summed E-state index contributed by atoms with van der Waals surface area (Å²) in [5.41, 5.74) is 1.65. The van der Waals surface area contributed by atoms with E-state index in [1.54, 1.807) is 12.0 Å². The SMILES string of the molecule is COC[C@@]12CN(C(=O)OCc3ccccc3)C=C[C@]1(c1ccc(Cl)c(Cl)c1)C2. The molecular formula is C22H21Cl2NO3. The number of hydrogen-bond acceptors (Lipinski definition) is 3. The van der Waals surface area contributed by atoms with Gasteiger partial charge in [-0.1, -0.05) is 65.7 Å². The highest BCUT2D eigenvalue weighted by Gasteiger charge is 2.69. The Kier molecular flexibility index (Phi) is 5.13. The smallest absolute Gasteiger partial charge is 0.414 e. The van der Waals surface area contributed by atoms with Gasteiger partial charge in [0, 0.05) is 30.7 Å². The van der Waals surface area contributed by atoms with Crippen LogP contribution in [-0.2, 0) is 21.5 Å². The van der Waals surface area contributed by atoms with Crippen molar-refractivity contribution >= 4 is 29.3 Å². The summed E-state index contributed by atoms with van der Waals surface area (Å²) >= 11 is 12.3. The van der Waals surface area contributed by atoms with E-state index in [0.29, 0.717) is 23.2 Å². The van der Waals surface area contributed by atoms with Crippen molar-refractivity contribution in [3.63, 3.8) is 0 Å². The maximum Gasteiger partial charge on any atom is 0.414 e. The first-order valence-electron chi connectivity index (χ1n) is 9.11. The second-order valence-corrected chi connectivity index (χ2v) is 8.29. The largest absolute Gasteiger partial charge is 0.444 e.